The van der Waals surface area contributed by atoms with Gasteiger partial charge >= 0.3 is 0 Å². The van der Waals surface area contributed by atoms with E-state index in [2.05, 4.69) is 19.2 Å². The van der Waals surface area contributed by atoms with Crippen molar-refractivity contribution in [1.82, 2.24) is 5.32 Å². The van der Waals surface area contributed by atoms with Crippen molar-refractivity contribution in [3.63, 3.8) is 0 Å². The second-order valence-corrected chi connectivity index (χ2v) is 6.05. The lowest BCUT2D eigenvalue weighted by Crippen LogP contribution is -2.48. The van der Waals surface area contributed by atoms with Crippen LogP contribution in [0.4, 0.5) is 5.69 Å². The lowest BCUT2D eigenvalue weighted by Gasteiger charge is -2.40. The highest BCUT2D eigenvalue weighted by Crippen LogP contribution is 2.31. The quantitative estimate of drug-likeness (QED) is 0.838. The minimum Gasteiger partial charge on any atom is -0.399 e. The summed E-state index contributed by atoms with van der Waals surface area (Å²) in [7, 11) is 0. The molecule has 21 heavy (non-hydrogen) atoms. The number of amides is 1. The van der Waals surface area contributed by atoms with Crippen molar-refractivity contribution in [3.8, 4) is 0 Å². The molecule has 1 aromatic rings. The Morgan fingerprint density at radius 3 is 2.81 bits per heavy atom. The number of nitrogens with one attached hydrogen (secondary N) is 1. The summed E-state index contributed by atoms with van der Waals surface area (Å²) in [6.07, 6.45) is 3.59. The Kier molecular flexibility index (Phi) is 5.12. The lowest BCUT2D eigenvalue weighted by atomic mass is 9.86. The van der Waals surface area contributed by atoms with E-state index >= 15 is 0 Å². The first-order chi connectivity index (χ1) is 9.99. The highest BCUT2D eigenvalue weighted by molar-refractivity contribution is 6.34. The predicted molar refractivity (Wildman–Crippen MR) is 85.6 cm³/mol. The summed E-state index contributed by atoms with van der Waals surface area (Å²) in [6.45, 7) is 4.94. The number of benzene rings is 1. The zero-order valence-corrected chi connectivity index (χ0v) is 13.4. The van der Waals surface area contributed by atoms with E-state index in [0.29, 0.717) is 22.9 Å². The maximum Gasteiger partial charge on any atom is 0.253 e. The minimum absolute atomic E-state index is 0.110. The molecule has 116 valence electrons. The second-order valence-electron chi connectivity index (χ2n) is 5.64. The van der Waals surface area contributed by atoms with Gasteiger partial charge in [-0.15, -0.1) is 0 Å². The number of carbonyl (C=O) groups is 1. The number of rotatable bonds is 4. The van der Waals surface area contributed by atoms with Gasteiger partial charge < -0.3 is 15.8 Å². The van der Waals surface area contributed by atoms with Crippen molar-refractivity contribution in [2.24, 2.45) is 0 Å². The molecule has 0 aromatic heterocycles. The molecule has 1 unspecified atom stereocenters. The summed E-state index contributed by atoms with van der Waals surface area (Å²) in [6, 6.07) is 5.08. The largest absolute Gasteiger partial charge is 0.399 e. The van der Waals surface area contributed by atoms with Crippen LogP contribution in [0.5, 0.6) is 0 Å². The van der Waals surface area contributed by atoms with Crippen LogP contribution in [0.3, 0.4) is 0 Å². The molecule has 1 aliphatic rings. The van der Waals surface area contributed by atoms with E-state index in [-0.39, 0.29) is 17.6 Å². The molecule has 4 nitrogen and oxygen atoms in total. The molecule has 1 aromatic carbocycles. The third-order valence-corrected chi connectivity index (χ3v) is 4.67. The van der Waals surface area contributed by atoms with E-state index in [1.807, 2.05) is 0 Å². The molecular formula is C16H23ClN2O2. The Labute approximate surface area is 131 Å². The molecule has 1 heterocycles. The normalized spacial score (nSPS) is 21.0. The summed E-state index contributed by atoms with van der Waals surface area (Å²) in [5, 5.41) is 3.46. The zero-order chi connectivity index (χ0) is 15.5. The summed E-state index contributed by atoms with van der Waals surface area (Å²) >= 11 is 6.09. The van der Waals surface area contributed by atoms with Crippen LogP contribution in [0.2, 0.25) is 5.02 Å². The monoisotopic (exact) mass is 310 g/mol. The predicted octanol–water partition coefficient (Wildman–Crippen LogP) is 3.39. The number of hydrogen-bond acceptors (Lipinski definition) is 3. The number of ether oxygens (including phenoxy) is 1. The van der Waals surface area contributed by atoms with Crippen LogP contribution in [0.1, 0.15) is 49.9 Å². The van der Waals surface area contributed by atoms with Gasteiger partial charge in [0, 0.05) is 18.3 Å². The van der Waals surface area contributed by atoms with Crippen LogP contribution in [0.25, 0.3) is 0 Å². The number of halogens is 1. The van der Waals surface area contributed by atoms with Crippen LogP contribution in [0, 0.1) is 0 Å². The summed E-state index contributed by atoms with van der Waals surface area (Å²) < 4.78 is 5.93. The molecule has 1 saturated heterocycles. The van der Waals surface area contributed by atoms with Crippen LogP contribution in [-0.2, 0) is 4.74 Å². The Bertz CT molecular complexity index is 515. The molecule has 0 spiro atoms. The highest BCUT2D eigenvalue weighted by atomic mass is 35.5. The number of carbonyl (C=O) groups excluding carboxylic acids is 1. The Morgan fingerprint density at radius 2 is 2.19 bits per heavy atom. The van der Waals surface area contributed by atoms with E-state index in [4.69, 9.17) is 22.1 Å². The molecule has 3 N–H and O–H groups in total. The molecule has 1 aliphatic heterocycles. The number of nitrogen functional groups attached to an aromatic ring is 1. The van der Waals surface area contributed by atoms with E-state index in [1.165, 1.54) is 0 Å². The van der Waals surface area contributed by atoms with Gasteiger partial charge in [-0.3, -0.25) is 4.79 Å². The average molecular weight is 311 g/mol. The van der Waals surface area contributed by atoms with Crippen molar-refractivity contribution in [2.75, 3.05) is 12.3 Å². The first-order valence-electron chi connectivity index (χ1n) is 7.49. The van der Waals surface area contributed by atoms with Crippen LogP contribution in [-0.4, -0.2) is 24.2 Å². The summed E-state index contributed by atoms with van der Waals surface area (Å²) in [5.41, 5.74) is 6.56. The smallest absolute Gasteiger partial charge is 0.253 e. The van der Waals surface area contributed by atoms with Crippen LogP contribution >= 0.6 is 11.6 Å². The fraction of sp³-hybridized carbons (Fsp3) is 0.562. The Balaban J connectivity index is 2.05. The standard InChI is InChI=1S/C16H23ClN2O2/c1-3-16(4-2)10-12(7-8-21-16)19-15(20)13-6-5-11(18)9-14(13)17/h5-6,9,12H,3-4,7-8,10,18H2,1-2H3,(H,19,20). The van der Waals surface area contributed by atoms with Gasteiger partial charge in [-0.25, -0.2) is 0 Å². The summed E-state index contributed by atoms with van der Waals surface area (Å²) in [5.74, 6) is -0.145. The van der Waals surface area contributed by atoms with Crippen molar-refractivity contribution in [2.45, 2.75) is 51.2 Å². The van der Waals surface area contributed by atoms with Gasteiger partial charge in [0.05, 0.1) is 16.2 Å². The van der Waals surface area contributed by atoms with E-state index < -0.39 is 0 Å². The first-order valence-corrected chi connectivity index (χ1v) is 7.87. The van der Waals surface area contributed by atoms with E-state index in [0.717, 1.165) is 25.7 Å². The van der Waals surface area contributed by atoms with Crippen LogP contribution in [0.15, 0.2) is 18.2 Å². The number of nitrogens with two attached hydrogens (primary N) is 1. The fourth-order valence-corrected chi connectivity index (χ4v) is 3.15. The third-order valence-electron chi connectivity index (χ3n) is 4.35. The van der Waals surface area contributed by atoms with Gasteiger partial charge in [0.2, 0.25) is 0 Å². The lowest BCUT2D eigenvalue weighted by molar-refractivity contribution is -0.0917. The van der Waals surface area contributed by atoms with E-state index in [9.17, 15) is 4.79 Å². The molecule has 0 saturated carbocycles. The Morgan fingerprint density at radius 1 is 1.48 bits per heavy atom. The molecule has 1 amide bonds. The van der Waals surface area contributed by atoms with Crippen LogP contribution < -0.4 is 11.1 Å². The molecule has 0 aliphatic carbocycles. The first kappa shape index (κ1) is 16.1. The maximum atomic E-state index is 12.4. The highest BCUT2D eigenvalue weighted by Gasteiger charge is 2.35. The molecule has 5 heteroatoms. The van der Waals surface area contributed by atoms with Gasteiger partial charge in [-0.05, 0) is 43.9 Å². The Hall–Kier alpha value is -1.26. The molecule has 1 atom stereocenters. The molecule has 1 fully saturated rings. The molecule has 0 radical (unpaired) electrons. The van der Waals surface area contributed by atoms with Crippen molar-refractivity contribution < 1.29 is 9.53 Å². The minimum atomic E-state index is -0.145. The maximum absolute atomic E-state index is 12.4. The van der Waals surface area contributed by atoms with Crippen molar-refractivity contribution in [1.29, 1.82) is 0 Å². The van der Waals surface area contributed by atoms with Gasteiger partial charge in [0.1, 0.15) is 0 Å². The number of anilines is 1. The average Bonchev–Trinajstić information content (AvgIpc) is 2.47. The SMILES string of the molecule is CCC1(CC)CC(NC(=O)c2ccc(N)cc2Cl)CCO1. The van der Waals surface area contributed by atoms with Crippen molar-refractivity contribution >= 4 is 23.2 Å². The molecular weight excluding hydrogens is 288 g/mol. The topological polar surface area (TPSA) is 64.4 Å². The van der Waals surface area contributed by atoms with Gasteiger partial charge in [0.15, 0.2) is 0 Å². The molecule has 0 bridgehead atoms. The number of hydrogen-bond donors (Lipinski definition) is 2. The van der Waals surface area contributed by atoms with Crippen molar-refractivity contribution in [3.05, 3.63) is 28.8 Å². The van der Waals surface area contributed by atoms with Gasteiger partial charge in [-0.1, -0.05) is 25.4 Å². The zero-order valence-electron chi connectivity index (χ0n) is 12.6. The summed E-state index contributed by atoms with van der Waals surface area (Å²) in [4.78, 5) is 12.4. The third kappa shape index (κ3) is 3.69. The second kappa shape index (κ2) is 6.67. The van der Waals surface area contributed by atoms with E-state index in [1.54, 1.807) is 18.2 Å². The van der Waals surface area contributed by atoms with Gasteiger partial charge in [0.25, 0.3) is 5.91 Å². The molecule has 2 rings (SSSR count). The van der Waals surface area contributed by atoms with Gasteiger partial charge in [-0.2, -0.15) is 0 Å². The fourth-order valence-electron chi connectivity index (χ4n) is 2.87.